The van der Waals surface area contributed by atoms with Crippen molar-refractivity contribution in [3.05, 3.63) is 54.0 Å². The number of hydrogen-bond acceptors (Lipinski definition) is 2. The summed E-state index contributed by atoms with van der Waals surface area (Å²) in [4.78, 5) is 4.65. The van der Waals surface area contributed by atoms with E-state index >= 15 is 0 Å². The largest absolute Gasteiger partial charge is 0.399 e. The second-order valence-electron chi connectivity index (χ2n) is 4.59. The lowest BCUT2D eigenvalue weighted by atomic mass is 10.1. The first-order valence-electron chi connectivity index (χ1n) is 5.96. The number of anilines is 1. The van der Waals surface area contributed by atoms with Crippen LogP contribution in [0.25, 0.3) is 16.8 Å². The highest BCUT2D eigenvalue weighted by Crippen LogP contribution is 2.26. The van der Waals surface area contributed by atoms with E-state index in [9.17, 15) is 0 Å². The molecule has 3 heteroatoms. The minimum absolute atomic E-state index is 0.760. The van der Waals surface area contributed by atoms with Crippen LogP contribution in [0.1, 0.15) is 11.4 Å². The van der Waals surface area contributed by atoms with Crippen LogP contribution in [0.5, 0.6) is 0 Å². The maximum Gasteiger partial charge on any atom is 0.110 e. The van der Waals surface area contributed by atoms with Gasteiger partial charge in [-0.3, -0.25) is 0 Å². The molecule has 0 unspecified atom stereocenters. The van der Waals surface area contributed by atoms with Crippen molar-refractivity contribution in [1.29, 1.82) is 0 Å². The third-order valence-corrected chi connectivity index (χ3v) is 3.14. The molecule has 0 aliphatic heterocycles. The number of imidazole rings is 1. The van der Waals surface area contributed by atoms with Gasteiger partial charge in [0, 0.05) is 17.4 Å². The minimum Gasteiger partial charge on any atom is -0.399 e. The number of benzene rings is 1. The van der Waals surface area contributed by atoms with Crippen molar-refractivity contribution in [3.63, 3.8) is 0 Å². The number of aromatic nitrogens is 2. The molecule has 0 atom stereocenters. The van der Waals surface area contributed by atoms with Crippen molar-refractivity contribution in [2.24, 2.45) is 0 Å². The van der Waals surface area contributed by atoms with E-state index in [1.807, 2.05) is 25.3 Å². The van der Waals surface area contributed by atoms with Gasteiger partial charge in [-0.25, -0.2) is 4.98 Å². The standard InChI is InChI=1S/C15H15N3/c1-10-4-3-5-12(8-10)15-14-9-13(16)6-7-18(14)11(2)17-15/h3-9H,16H2,1-2H3. The first-order chi connectivity index (χ1) is 8.65. The lowest BCUT2D eigenvalue weighted by Crippen LogP contribution is -1.90. The predicted molar refractivity (Wildman–Crippen MR) is 74.5 cm³/mol. The van der Waals surface area contributed by atoms with E-state index < -0.39 is 0 Å². The van der Waals surface area contributed by atoms with Gasteiger partial charge in [0.15, 0.2) is 0 Å². The molecule has 0 saturated carbocycles. The Morgan fingerprint density at radius 3 is 2.72 bits per heavy atom. The van der Waals surface area contributed by atoms with E-state index in [1.54, 1.807) is 0 Å². The van der Waals surface area contributed by atoms with E-state index in [-0.39, 0.29) is 0 Å². The molecule has 0 amide bonds. The molecular weight excluding hydrogens is 222 g/mol. The van der Waals surface area contributed by atoms with Crippen LogP contribution in [0.3, 0.4) is 0 Å². The van der Waals surface area contributed by atoms with Crippen LogP contribution in [0, 0.1) is 13.8 Å². The van der Waals surface area contributed by atoms with Crippen LogP contribution in [-0.4, -0.2) is 9.38 Å². The van der Waals surface area contributed by atoms with E-state index in [4.69, 9.17) is 5.73 Å². The average molecular weight is 237 g/mol. The van der Waals surface area contributed by atoms with E-state index in [2.05, 4.69) is 40.6 Å². The van der Waals surface area contributed by atoms with Gasteiger partial charge < -0.3 is 10.1 Å². The SMILES string of the molecule is Cc1cccc(-c2nc(C)n3ccc(N)cc23)c1. The highest BCUT2D eigenvalue weighted by molar-refractivity contribution is 5.79. The Bertz CT molecular complexity index is 726. The summed E-state index contributed by atoms with van der Waals surface area (Å²) in [7, 11) is 0. The lowest BCUT2D eigenvalue weighted by molar-refractivity contribution is 1.05. The fourth-order valence-corrected chi connectivity index (χ4v) is 2.26. The summed E-state index contributed by atoms with van der Waals surface area (Å²) in [6, 6.07) is 12.2. The van der Waals surface area contributed by atoms with Crippen molar-refractivity contribution in [3.8, 4) is 11.3 Å². The summed E-state index contributed by atoms with van der Waals surface area (Å²) in [6.45, 7) is 4.09. The van der Waals surface area contributed by atoms with E-state index in [0.717, 1.165) is 28.3 Å². The van der Waals surface area contributed by atoms with E-state index in [0.29, 0.717) is 0 Å². The van der Waals surface area contributed by atoms with Crippen molar-refractivity contribution in [1.82, 2.24) is 9.38 Å². The molecule has 3 nitrogen and oxygen atoms in total. The Hall–Kier alpha value is -2.29. The van der Waals surface area contributed by atoms with Gasteiger partial charge in [0.2, 0.25) is 0 Å². The van der Waals surface area contributed by atoms with Crippen LogP contribution in [0.15, 0.2) is 42.6 Å². The normalized spacial score (nSPS) is 11.0. The summed E-state index contributed by atoms with van der Waals surface area (Å²) in [5, 5.41) is 0. The number of rotatable bonds is 1. The fraction of sp³-hybridized carbons (Fsp3) is 0.133. The zero-order chi connectivity index (χ0) is 12.7. The first kappa shape index (κ1) is 10.8. The smallest absolute Gasteiger partial charge is 0.110 e. The molecule has 18 heavy (non-hydrogen) atoms. The van der Waals surface area contributed by atoms with Gasteiger partial charge in [0.1, 0.15) is 5.82 Å². The number of hydrogen-bond donors (Lipinski definition) is 1. The molecule has 2 heterocycles. The second kappa shape index (κ2) is 3.88. The molecule has 0 fully saturated rings. The highest BCUT2D eigenvalue weighted by Gasteiger charge is 2.10. The first-order valence-corrected chi connectivity index (χ1v) is 5.96. The second-order valence-corrected chi connectivity index (χ2v) is 4.59. The van der Waals surface area contributed by atoms with Gasteiger partial charge in [0.25, 0.3) is 0 Å². The van der Waals surface area contributed by atoms with Crippen LogP contribution < -0.4 is 5.73 Å². The maximum atomic E-state index is 5.87. The molecule has 0 saturated heterocycles. The fourth-order valence-electron chi connectivity index (χ4n) is 2.26. The minimum atomic E-state index is 0.760. The number of nitrogens with zero attached hydrogens (tertiary/aromatic N) is 2. The monoisotopic (exact) mass is 237 g/mol. The molecule has 0 aliphatic rings. The molecule has 0 aliphatic carbocycles. The number of nitrogens with two attached hydrogens (primary N) is 1. The molecule has 2 N–H and O–H groups in total. The van der Waals surface area contributed by atoms with Crippen molar-refractivity contribution in [2.45, 2.75) is 13.8 Å². The summed E-state index contributed by atoms with van der Waals surface area (Å²) in [5.41, 5.74) is 11.0. The van der Waals surface area contributed by atoms with Gasteiger partial charge in [-0.05, 0) is 32.0 Å². The van der Waals surface area contributed by atoms with Crippen LogP contribution in [0.2, 0.25) is 0 Å². The molecule has 0 radical (unpaired) electrons. The average Bonchev–Trinajstić information content (AvgIpc) is 2.66. The Kier molecular flexibility index (Phi) is 2.33. The molecule has 3 aromatic rings. The van der Waals surface area contributed by atoms with Crippen molar-refractivity contribution in [2.75, 3.05) is 5.73 Å². The molecule has 1 aromatic carbocycles. The van der Waals surface area contributed by atoms with Crippen LogP contribution in [-0.2, 0) is 0 Å². The summed E-state index contributed by atoms with van der Waals surface area (Å²) in [5.74, 6) is 0.974. The van der Waals surface area contributed by atoms with Gasteiger partial charge in [-0.15, -0.1) is 0 Å². The van der Waals surface area contributed by atoms with Gasteiger partial charge in [-0.1, -0.05) is 23.8 Å². The highest BCUT2D eigenvalue weighted by atomic mass is 15.0. The zero-order valence-corrected chi connectivity index (χ0v) is 10.5. The maximum absolute atomic E-state index is 5.87. The molecule has 2 aromatic heterocycles. The number of fused-ring (bicyclic) bond motifs is 1. The summed E-state index contributed by atoms with van der Waals surface area (Å²) < 4.78 is 2.06. The number of pyridine rings is 1. The quantitative estimate of drug-likeness (QED) is 0.706. The van der Waals surface area contributed by atoms with Crippen molar-refractivity contribution < 1.29 is 0 Å². The third kappa shape index (κ3) is 1.64. The Morgan fingerprint density at radius 1 is 1.11 bits per heavy atom. The van der Waals surface area contributed by atoms with Crippen LogP contribution >= 0.6 is 0 Å². The Balaban J connectivity index is 2.32. The predicted octanol–water partition coefficient (Wildman–Crippen LogP) is 3.20. The number of nitrogen functional groups attached to an aromatic ring is 1. The van der Waals surface area contributed by atoms with Gasteiger partial charge in [-0.2, -0.15) is 0 Å². The van der Waals surface area contributed by atoms with Gasteiger partial charge >= 0.3 is 0 Å². The lowest BCUT2D eigenvalue weighted by Gasteiger charge is -2.01. The third-order valence-electron chi connectivity index (χ3n) is 3.14. The van der Waals surface area contributed by atoms with Crippen molar-refractivity contribution >= 4 is 11.2 Å². The van der Waals surface area contributed by atoms with E-state index in [1.165, 1.54) is 5.56 Å². The number of aryl methyl sites for hydroxylation is 2. The molecule has 0 spiro atoms. The molecular formula is C15H15N3. The van der Waals surface area contributed by atoms with Crippen LogP contribution in [0.4, 0.5) is 5.69 Å². The molecule has 3 rings (SSSR count). The topological polar surface area (TPSA) is 43.3 Å². The molecule has 90 valence electrons. The Labute approximate surface area is 106 Å². The Morgan fingerprint density at radius 2 is 1.94 bits per heavy atom. The summed E-state index contributed by atoms with van der Waals surface area (Å²) in [6.07, 6.45) is 1.96. The molecule has 0 bridgehead atoms. The summed E-state index contributed by atoms with van der Waals surface area (Å²) >= 11 is 0. The zero-order valence-electron chi connectivity index (χ0n) is 10.5. The van der Waals surface area contributed by atoms with Gasteiger partial charge in [0.05, 0.1) is 11.2 Å².